The van der Waals surface area contributed by atoms with Crippen molar-refractivity contribution < 1.29 is 29.0 Å². The molecule has 184 valence electrons. The fourth-order valence-electron chi connectivity index (χ4n) is 5.76. The van der Waals surface area contributed by atoms with Gasteiger partial charge in [0, 0.05) is 38.0 Å². The lowest BCUT2D eigenvalue weighted by molar-refractivity contribution is -0.159. The maximum Gasteiger partial charge on any atom is 0.407 e. The van der Waals surface area contributed by atoms with E-state index in [2.05, 4.69) is 29.6 Å². The van der Waals surface area contributed by atoms with Crippen LogP contribution in [0.3, 0.4) is 0 Å². The Morgan fingerprint density at radius 1 is 1.09 bits per heavy atom. The Hall–Kier alpha value is -3.39. The number of carbonyl (C=O) groups excluding carboxylic acids is 2. The normalized spacial score (nSPS) is 25.1. The number of amides is 2. The van der Waals surface area contributed by atoms with Gasteiger partial charge in [-0.15, -0.1) is 0 Å². The summed E-state index contributed by atoms with van der Waals surface area (Å²) in [7, 11) is 1.54. The molecule has 0 spiro atoms. The van der Waals surface area contributed by atoms with E-state index < -0.39 is 17.6 Å². The van der Waals surface area contributed by atoms with Crippen molar-refractivity contribution >= 4 is 18.0 Å². The minimum atomic E-state index is -1.31. The number of hydrogen-bond acceptors (Lipinski definition) is 5. The van der Waals surface area contributed by atoms with Crippen molar-refractivity contribution in [1.82, 2.24) is 10.2 Å². The van der Waals surface area contributed by atoms with Gasteiger partial charge in [0.05, 0.1) is 6.61 Å². The second-order valence-corrected chi connectivity index (χ2v) is 9.71. The molecule has 8 heteroatoms. The molecule has 0 radical (unpaired) electrons. The lowest BCUT2D eigenvalue weighted by atomic mass is 9.94. The maximum atomic E-state index is 13.1. The van der Waals surface area contributed by atoms with E-state index in [1.807, 2.05) is 24.3 Å². The molecular formula is C27H30N2O6. The van der Waals surface area contributed by atoms with Crippen molar-refractivity contribution in [2.75, 3.05) is 26.9 Å². The predicted molar refractivity (Wildman–Crippen MR) is 128 cm³/mol. The molecule has 1 aliphatic heterocycles. The van der Waals surface area contributed by atoms with Crippen LogP contribution in [0, 0.1) is 5.92 Å². The molecule has 3 aliphatic rings. The molecule has 3 atom stereocenters. The number of ether oxygens (including phenoxy) is 2. The molecule has 1 saturated carbocycles. The Kier molecular flexibility index (Phi) is 6.23. The number of likely N-dealkylation sites (N-methyl/N-ethyl adjacent to an activating group) is 1. The first-order valence-electron chi connectivity index (χ1n) is 12.1. The third-order valence-electron chi connectivity index (χ3n) is 7.82. The number of benzene rings is 2. The van der Waals surface area contributed by atoms with Crippen molar-refractivity contribution in [2.24, 2.45) is 5.92 Å². The van der Waals surface area contributed by atoms with Gasteiger partial charge in [-0.25, -0.2) is 9.59 Å². The molecule has 35 heavy (non-hydrogen) atoms. The molecule has 1 heterocycles. The average molecular weight is 479 g/mol. The predicted octanol–water partition coefficient (Wildman–Crippen LogP) is 3.40. The van der Waals surface area contributed by atoms with Gasteiger partial charge in [0.2, 0.25) is 5.91 Å². The Morgan fingerprint density at radius 3 is 2.34 bits per heavy atom. The van der Waals surface area contributed by atoms with Gasteiger partial charge in [-0.05, 0) is 41.5 Å². The number of rotatable bonds is 6. The summed E-state index contributed by atoms with van der Waals surface area (Å²) in [5.74, 6) is -1.61. The van der Waals surface area contributed by atoms with Crippen LogP contribution in [-0.2, 0) is 19.1 Å². The fraction of sp³-hybridized carbons (Fsp3) is 0.444. The number of fused-ring (bicyclic) bond motifs is 3. The first-order chi connectivity index (χ1) is 16.9. The number of hydrogen-bond donors (Lipinski definition) is 2. The van der Waals surface area contributed by atoms with Crippen LogP contribution in [0.15, 0.2) is 48.5 Å². The molecule has 2 aromatic carbocycles. The second-order valence-electron chi connectivity index (χ2n) is 9.71. The Balaban J connectivity index is 1.16. The monoisotopic (exact) mass is 478 g/mol. The minimum absolute atomic E-state index is 0.00127. The summed E-state index contributed by atoms with van der Waals surface area (Å²) in [6, 6.07) is 16.2. The highest BCUT2D eigenvalue weighted by molar-refractivity contribution is 5.88. The molecule has 2 aromatic rings. The SMILES string of the molecule is CN(C(=O)[C@H]1CC[C@@H](NC(=O)OCC2c3ccccc3-c3ccccc32)C1)C1(C(=O)O)CCOC1. The zero-order valence-corrected chi connectivity index (χ0v) is 19.7. The van der Waals surface area contributed by atoms with Crippen LogP contribution < -0.4 is 5.32 Å². The van der Waals surface area contributed by atoms with E-state index in [9.17, 15) is 19.5 Å². The van der Waals surface area contributed by atoms with Crippen molar-refractivity contribution in [3.63, 3.8) is 0 Å². The topological polar surface area (TPSA) is 105 Å². The molecule has 0 bridgehead atoms. The van der Waals surface area contributed by atoms with Gasteiger partial charge in [-0.3, -0.25) is 4.79 Å². The van der Waals surface area contributed by atoms with Crippen molar-refractivity contribution in [1.29, 1.82) is 0 Å². The first-order valence-corrected chi connectivity index (χ1v) is 12.1. The van der Waals surface area contributed by atoms with Gasteiger partial charge in [-0.1, -0.05) is 48.5 Å². The van der Waals surface area contributed by atoms with Crippen LogP contribution in [0.25, 0.3) is 11.1 Å². The molecule has 1 unspecified atom stereocenters. The van der Waals surface area contributed by atoms with Gasteiger partial charge < -0.3 is 24.8 Å². The third kappa shape index (κ3) is 4.16. The van der Waals surface area contributed by atoms with Gasteiger partial charge in [0.15, 0.2) is 5.54 Å². The van der Waals surface area contributed by atoms with E-state index in [1.165, 1.54) is 23.1 Å². The fourth-order valence-corrected chi connectivity index (χ4v) is 5.76. The highest BCUT2D eigenvalue weighted by atomic mass is 16.5. The van der Waals surface area contributed by atoms with Crippen LogP contribution in [-0.4, -0.2) is 66.4 Å². The van der Waals surface area contributed by atoms with Crippen LogP contribution in [0.1, 0.15) is 42.7 Å². The molecular weight excluding hydrogens is 448 g/mol. The van der Waals surface area contributed by atoms with Crippen LogP contribution in [0.4, 0.5) is 4.79 Å². The van der Waals surface area contributed by atoms with Crippen LogP contribution in [0.2, 0.25) is 0 Å². The lowest BCUT2D eigenvalue weighted by Crippen LogP contribution is -2.57. The van der Waals surface area contributed by atoms with Crippen molar-refractivity contribution in [2.45, 2.75) is 43.2 Å². The number of carboxylic acid groups (broad SMARTS) is 1. The van der Waals surface area contributed by atoms with Gasteiger partial charge in [0.25, 0.3) is 0 Å². The van der Waals surface area contributed by atoms with E-state index in [1.54, 1.807) is 0 Å². The molecule has 8 nitrogen and oxygen atoms in total. The summed E-state index contributed by atoms with van der Waals surface area (Å²) in [6.07, 6.45) is 1.48. The van der Waals surface area contributed by atoms with Crippen molar-refractivity contribution in [3.8, 4) is 11.1 Å². The molecule has 5 rings (SSSR count). The first kappa shape index (κ1) is 23.4. The van der Waals surface area contributed by atoms with E-state index in [0.717, 1.165) is 11.1 Å². The summed E-state index contributed by atoms with van der Waals surface area (Å²) >= 11 is 0. The average Bonchev–Trinajstić information content (AvgIpc) is 3.60. The minimum Gasteiger partial charge on any atom is -0.479 e. The number of carboxylic acids is 1. The zero-order chi connectivity index (χ0) is 24.6. The van der Waals surface area contributed by atoms with Gasteiger partial charge in [-0.2, -0.15) is 0 Å². The highest BCUT2D eigenvalue weighted by Crippen LogP contribution is 2.44. The molecule has 2 aliphatic carbocycles. The van der Waals surface area contributed by atoms with E-state index >= 15 is 0 Å². The van der Waals surface area contributed by atoms with E-state index in [-0.39, 0.29) is 43.4 Å². The Bertz CT molecular complexity index is 1100. The lowest BCUT2D eigenvalue weighted by Gasteiger charge is -2.35. The van der Waals surface area contributed by atoms with E-state index in [0.29, 0.717) is 25.9 Å². The third-order valence-corrected chi connectivity index (χ3v) is 7.82. The number of nitrogens with one attached hydrogen (secondary N) is 1. The number of carbonyl (C=O) groups is 3. The van der Waals surface area contributed by atoms with Crippen molar-refractivity contribution in [3.05, 3.63) is 59.7 Å². The summed E-state index contributed by atoms with van der Waals surface area (Å²) in [6.45, 7) is 0.554. The quantitative estimate of drug-likeness (QED) is 0.659. The Morgan fingerprint density at radius 2 is 1.74 bits per heavy atom. The Labute approximate surface area is 204 Å². The van der Waals surface area contributed by atoms with E-state index in [4.69, 9.17) is 9.47 Å². The molecule has 1 saturated heterocycles. The standard InChI is InChI=1S/C27H30N2O6/c1-29(27(25(31)32)12-13-34-16-27)24(30)17-10-11-18(14-17)28-26(33)35-15-23-21-8-4-2-6-19(21)20-7-3-5-9-22(20)23/h2-9,17-18,23H,10-16H2,1H3,(H,28,33)(H,31,32)/t17-,18+,27?/m0/s1. The summed E-state index contributed by atoms with van der Waals surface area (Å²) < 4.78 is 10.9. The van der Waals surface area contributed by atoms with Crippen LogP contribution in [0.5, 0.6) is 0 Å². The number of nitrogens with zero attached hydrogens (tertiary/aromatic N) is 1. The molecule has 2 amide bonds. The summed E-state index contributed by atoms with van der Waals surface area (Å²) in [4.78, 5) is 38.9. The summed E-state index contributed by atoms with van der Waals surface area (Å²) in [5, 5.41) is 12.6. The maximum absolute atomic E-state index is 13.1. The molecule has 0 aromatic heterocycles. The summed E-state index contributed by atoms with van der Waals surface area (Å²) in [5.41, 5.74) is 3.34. The zero-order valence-electron chi connectivity index (χ0n) is 19.7. The molecule has 2 fully saturated rings. The highest BCUT2D eigenvalue weighted by Gasteiger charge is 2.50. The second kappa shape index (κ2) is 9.34. The largest absolute Gasteiger partial charge is 0.479 e. The van der Waals surface area contributed by atoms with Gasteiger partial charge in [0.1, 0.15) is 6.61 Å². The smallest absolute Gasteiger partial charge is 0.407 e. The number of alkyl carbamates (subject to hydrolysis) is 1. The van der Waals surface area contributed by atoms with Gasteiger partial charge >= 0.3 is 12.1 Å². The number of aliphatic carboxylic acids is 1. The molecule has 2 N–H and O–H groups in total. The van der Waals surface area contributed by atoms with Crippen LogP contribution >= 0.6 is 0 Å².